The van der Waals surface area contributed by atoms with Gasteiger partial charge in [0.05, 0.1) is 30.6 Å². The fraction of sp³-hybridized carbons (Fsp3) is 0.345. The number of hydrogen-bond donors (Lipinski definition) is 4. The number of nitrogens with one attached hydrogen (secondary N) is 3. The Balaban J connectivity index is 1.34. The average molecular weight is 621 g/mol. The Labute approximate surface area is 248 Å². The molecule has 14 heteroatoms. The summed E-state index contributed by atoms with van der Waals surface area (Å²) in [6.45, 7) is 1.92. The van der Waals surface area contributed by atoms with Crippen molar-refractivity contribution >= 4 is 38.9 Å². The Morgan fingerprint density at radius 2 is 1.95 bits per heavy atom. The molecule has 1 atom stereocenters. The van der Waals surface area contributed by atoms with Crippen LogP contribution in [-0.2, 0) is 11.3 Å². The standard InChI is InChI=1S/C29H32F3N5O5S/c1-19-15-28(35-42-19)36-43(38,39)22-8-9-25(27(17-22)40-2)33-12-4-5-21-16-23-24(34-20-10-13-41-14-11-20)6-3-7-26(23)37(21)18-29(30,31)32/h3,6-9,15-17,20,33-34,38-39H,10-14,18H2,1-2H3,(H,35,36)/p+1. The Morgan fingerprint density at radius 1 is 1.16 bits per heavy atom. The molecule has 0 saturated carbocycles. The van der Waals surface area contributed by atoms with Crippen LogP contribution in [0.25, 0.3) is 10.9 Å². The lowest BCUT2D eigenvalue weighted by Crippen LogP contribution is -2.27. The molecule has 4 aromatic rings. The van der Waals surface area contributed by atoms with Gasteiger partial charge in [0.25, 0.3) is 0 Å². The maximum absolute atomic E-state index is 13.6. The summed E-state index contributed by atoms with van der Waals surface area (Å²) >= 11 is 0. The highest BCUT2D eigenvalue weighted by atomic mass is 32.3. The number of alkyl halides is 3. The Hall–Kier alpha value is -4.03. The lowest BCUT2D eigenvalue weighted by atomic mass is 10.1. The number of aromatic nitrogens is 2. The first kappa shape index (κ1) is 30.4. The Bertz CT molecular complexity index is 1640. The van der Waals surface area contributed by atoms with Crippen LogP contribution in [-0.4, -0.2) is 57.9 Å². The first-order valence-corrected chi connectivity index (χ1v) is 15.1. The SMILES string of the molecule is COc1cc(S(O)([OH2+])Nc2cc(C)on2)ccc1NCC#Cc1cc2c(NC3CCOCC3)cccc2n1CC(F)(F)F. The topological polar surface area (TPSA) is 129 Å². The van der Waals surface area contributed by atoms with Crippen molar-refractivity contribution in [2.45, 2.75) is 43.4 Å². The van der Waals surface area contributed by atoms with Gasteiger partial charge in [-0.2, -0.15) is 13.2 Å². The Kier molecular flexibility index (Phi) is 8.97. The summed E-state index contributed by atoms with van der Waals surface area (Å²) < 4.78 is 79.5. The van der Waals surface area contributed by atoms with Crippen molar-refractivity contribution in [1.29, 1.82) is 0 Å². The summed E-state index contributed by atoms with van der Waals surface area (Å²) in [5, 5.41) is 11.0. The van der Waals surface area contributed by atoms with E-state index in [0.29, 0.717) is 41.3 Å². The molecule has 1 aliphatic heterocycles. The van der Waals surface area contributed by atoms with Crippen molar-refractivity contribution in [3.63, 3.8) is 0 Å². The minimum absolute atomic E-state index is 0.102. The van der Waals surface area contributed by atoms with Crippen LogP contribution >= 0.6 is 10.8 Å². The third-order valence-corrected chi connectivity index (χ3v) is 8.28. The predicted octanol–water partition coefficient (Wildman–Crippen LogP) is 5.87. The molecular formula is C29H33F3N5O5S+. The minimum atomic E-state index is -4.43. The largest absolute Gasteiger partial charge is 0.495 e. The van der Waals surface area contributed by atoms with Gasteiger partial charge in [0.2, 0.25) is 0 Å². The van der Waals surface area contributed by atoms with Gasteiger partial charge in [-0.05, 0) is 56.0 Å². The average Bonchev–Trinajstić information content (AvgIpc) is 3.53. The molecule has 0 bridgehead atoms. The molecule has 6 N–H and O–H groups in total. The molecule has 1 aliphatic rings. The van der Waals surface area contributed by atoms with Crippen molar-refractivity contribution in [2.24, 2.45) is 0 Å². The second kappa shape index (κ2) is 12.7. The van der Waals surface area contributed by atoms with E-state index in [1.54, 1.807) is 43.3 Å². The number of benzene rings is 2. The normalized spacial score (nSPS) is 16.2. The lowest BCUT2D eigenvalue weighted by Gasteiger charge is -2.28. The molecule has 2 aromatic carbocycles. The molecule has 1 unspecified atom stereocenters. The van der Waals surface area contributed by atoms with Gasteiger partial charge in [-0.1, -0.05) is 17.1 Å². The van der Waals surface area contributed by atoms with Crippen molar-refractivity contribution in [1.82, 2.24) is 9.72 Å². The highest BCUT2D eigenvalue weighted by Crippen LogP contribution is 2.49. The van der Waals surface area contributed by atoms with E-state index in [9.17, 15) is 17.7 Å². The fourth-order valence-electron chi connectivity index (χ4n) is 4.83. The van der Waals surface area contributed by atoms with Gasteiger partial charge in [0, 0.05) is 53.2 Å². The smallest absolute Gasteiger partial charge is 0.406 e. The monoisotopic (exact) mass is 620 g/mol. The van der Waals surface area contributed by atoms with Crippen LogP contribution in [0.5, 0.6) is 5.75 Å². The van der Waals surface area contributed by atoms with Crippen LogP contribution < -0.4 is 20.1 Å². The number of methoxy groups -OCH3 is 1. The summed E-state index contributed by atoms with van der Waals surface area (Å²) in [4.78, 5) is 0.267. The van der Waals surface area contributed by atoms with Crippen LogP contribution in [0.3, 0.4) is 0 Å². The molecule has 0 aliphatic carbocycles. The molecule has 0 radical (unpaired) electrons. The van der Waals surface area contributed by atoms with Crippen LogP contribution in [0.2, 0.25) is 0 Å². The third kappa shape index (κ3) is 7.49. The number of halogens is 3. The maximum atomic E-state index is 13.6. The van der Waals surface area contributed by atoms with Crippen LogP contribution in [0, 0.1) is 18.8 Å². The Morgan fingerprint density at radius 3 is 2.65 bits per heavy atom. The zero-order valence-corrected chi connectivity index (χ0v) is 24.4. The molecule has 43 heavy (non-hydrogen) atoms. The third-order valence-electron chi connectivity index (χ3n) is 6.84. The van der Waals surface area contributed by atoms with E-state index >= 15 is 0 Å². The molecule has 1 saturated heterocycles. The second-order valence-corrected chi connectivity index (χ2v) is 11.9. The molecule has 3 heterocycles. The lowest BCUT2D eigenvalue weighted by molar-refractivity contribution is -0.140. The summed E-state index contributed by atoms with van der Waals surface area (Å²) in [7, 11) is -1.77. The van der Waals surface area contributed by atoms with Crippen LogP contribution in [0.1, 0.15) is 24.3 Å². The van der Waals surface area contributed by atoms with E-state index in [2.05, 4.69) is 32.4 Å². The summed E-state index contributed by atoms with van der Waals surface area (Å²) in [5.41, 5.74) is 1.99. The number of rotatable bonds is 9. The number of anilines is 3. The van der Waals surface area contributed by atoms with E-state index < -0.39 is 23.5 Å². The van der Waals surface area contributed by atoms with E-state index in [4.69, 9.17) is 18.5 Å². The zero-order chi connectivity index (χ0) is 30.6. The van der Waals surface area contributed by atoms with E-state index in [1.165, 1.54) is 17.7 Å². The number of hydrogen-bond acceptors (Lipinski definition) is 8. The molecule has 0 amide bonds. The predicted molar refractivity (Wildman–Crippen MR) is 161 cm³/mol. The fourth-order valence-corrected chi connectivity index (χ4v) is 5.88. The quantitative estimate of drug-likeness (QED) is 0.135. The van der Waals surface area contributed by atoms with Crippen LogP contribution in [0.4, 0.5) is 30.4 Å². The second-order valence-electron chi connectivity index (χ2n) is 10.0. The van der Waals surface area contributed by atoms with Gasteiger partial charge in [0.15, 0.2) is 5.82 Å². The first-order valence-electron chi connectivity index (χ1n) is 13.5. The maximum Gasteiger partial charge on any atom is 0.406 e. The van der Waals surface area contributed by atoms with Gasteiger partial charge in [-0.25, -0.2) is 9.27 Å². The number of ether oxygens (including phenoxy) is 2. The first-order chi connectivity index (χ1) is 20.5. The van der Waals surface area contributed by atoms with Gasteiger partial charge in [-0.3, -0.25) is 0 Å². The van der Waals surface area contributed by atoms with Gasteiger partial charge >= 0.3 is 6.18 Å². The van der Waals surface area contributed by atoms with Crippen molar-refractivity contribution in [2.75, 3.05) is 42.2 Å². The zero-order valence-electron chi connectivity index (χ0n) is 23.5. The molecule has 10 nitrogen and oxygen atoms in total. The molecule has 1 fully saturated rings. The van der Waals surface area contributed by atoms with E-state index in [1.807, 2.05) is 6.07 Å². The number of aryl methyl sites for hydroxylation is 1. The van der Waals surface area contributed by atoms with E-state index in [0.717, 1.165) is 18.5 Å². The van der Waals surface area contributed by atoms with Gasteiger partial charge in [-0.15, -0.1) is 0 Å². The van der Waals surface area contributed by atoms with Crippen molar-refractivity contribution in [3.8, 4) is 17.6 Å². The molecule has 5 rings (SSSR count). The number of nitrogens with zero attached hydrogens (tertiary/aromatic N) is 2. The minimum Gasteiger partial charge on any atom is -0.495 e. The summed E-state index contributed by atoms with van der Waals surface area (Å²) in [5.74, 6) is 6.93. The van der Waals surface area contributed by atoms with Crippen molar-refractivity contribution < 1.29 is 36.3 Å². The highest BCUT2D eigenvalue weighted by Gasteiger charge is 2.30. The van der Waals surface area contributed by atoms with Gasteiger partial charge < -0.3 is 33.8 Å². The highest BCUT2D eigenvalue weighted by molar-refractivity contribution is 8.25. The molecule has 230 valence electrons. The molecular weight excluding hydrogens is 587 g/mol. The van der Waals surface area contributed by atoms with Crippen molar-refractivity contribution in [3.05, 3.63) is 60.0 Å². The summed E-state index contributed by atoms with van der Waals surface area (Å²) in [6, 6.07) is 13.4. The molecule has 0 spiro atoms. The van der Waals surface area contributed by atoms with E-state index in [-0.39, 0.29) is 29.0 Å². The summed E-state index contributed by atoms with van der Waals surface area (Å²) in [6.07, 6.45) is -2.78. The number of fused-ring (bicyclic) bond motifs is 1. The molecule has 2 aromatic heterocycles. The van der Waals surface area contributed by atoms with Gasteiger partial charge in [0.1, 0.15) is 22.9 Å². The van der Waals surface area contributed by atoms with Crippen LogP contribution in [0.15, 0.2) is 57.9 Å².